The Morgan fingerprint density at radius 3 is 2.33 bits per heavy atom. The minimum atomic E-state index is 0.658. The number of nitrogens with one attached hydrogen (secondary N) is 1. The van der Waals surface area contributed by atoms with Gasteiger partial charge < -0.3 is 5.32 Å². The summed E-state index contributed by atoms with van der Waals surface area (Å²) >= 11 is 17.9. The third-order valence-electron chi connectivity index (χ3n) is 2.70. The normalized spacial score (nSPS) is 10.4. The molecular formula is C14H12Cl3N. The largest absolute Gasteiger partial charge is 0.380 e. The molecule has 0 fully saturated rings. The van der Waals surface area contributed by atoms with Crippen LogP contribution in [-0.4, -0.2) is 0 Å². The van der Waals surface area contributed by atoms with Gasteiger partial charge in [-0.2, -0.15) is 0 Å². The van der Waals surface area contributed by atoms with E-state index in [1.165, 1.54) is 5.56 Å². The van der Waals surface area contributed by atoms with E-state index in [0.29, 0.717) is 16.6 Å². The summed E-state index contributed by atoms with van der Waals surface area (Å²) in [5.74, 6) is 0. The topological polar surface area (TPSA) is 12.0 Å². The molecule has 0 bridgehead atoms. The van der Waals surface area contributed by atoms with Gasteiger partial charge in [0.1, 0.15) is 0 Å². The van der Waals surface area contributed by atoms with Crippen LogP contribution >= 0.6 is 34.8 Å². The van der Waals surface area contributed by atoms with E-state index < -0.39 is 0 Å². The van der Waals surface area contributed by atoms with Crippen LogP contribution in [-0.2, 0) is 6.54 Å². The summed E-state index contributed by atoms with van der Waals surface area (Å²) in [6.45, 7) is 2.71. The number of benzene rings is 2. The molecule has 4 heteroatoms. The molecule has 0 aliphatic carbocycles. The molecule has 2 aromatic rings. The van der Waals surface area contributed by atoms with Crippen molar-refractivity contribution in [3.05, 3.63) is 62.6 Å². The first kappa shape index (κ1) is 13.5. The highest BCUT2D eigenvalue weighted by Crippen LogP contribution is 2.26. The van der Waals surface area contributed by atoms with Gasteiger partial charge in [0, 0.05) is 16.6 Å². The average Bonchev–Trinajstić information content (AvgIpc) is 2.32. The van der Waals surface area contributed by atoms with E-state index in [1.807, 2.05) is 31.2 Å². The molecule has 0 amide bonds. The van der Waals surface area contributed by atoms with Gasteiger partial charge in [0.2, 0.25) is 0 Å². The second-order valence-corrected chi connectivity index (χ2v) is 5.33. The molecule has 0 heterocycles. The van der Waals surface area contributed by atoms with Crippen molar-refractivity contribution in [2.75, 3.05) is 5.32 Å². The number of rotatable bonds is 3. The molecule has 0 radical (unpaired) electrons. The van der Waals surface area contributed by atoms with Gasteiger partial charge in [-0.05, 0) is 48.4 Å². The summed E-state index contributed by atoms with van der Waals surface area (Å²) < 4.78 is 0. The Labute approximate surface area is 122 Å². The first-order chi connectivity index (χ1) is 8.56. The molecule has 0 spiro atoms. The quantitative estimate of drug-likeness (QED) is 0.781. The van der Waals surface area contributed by atoms with E-state index in [-0.39, 0.29) is 0 Å². The molecule has 2 aromatic carbocycles. The SMILES string of the molecule is Cc1cc(Cl)ccc1CNc1cc(Cl)ccc1Cl. The van der Waals surface area contributed by atoms with Crippen LogP contribution in [0.25, 0.3) is 0 Å². The van der Waals surface area contributed by atoms with Crippen molar-refractivity contribution in [3.63, 3.8) is 0 Å². The lowest BCUT2D eigenvalue weighted by atomic mass is 10.1. The number of halogens is 3. The van der Waals surface area contributed by atoms with Crippen molar-refractivity contribution < 1.29 is 0 Å². The maximum atomic E-state index is 6.09. The fourth-order valence-electron chi connectivity index (χ4n) is 1.68. The second-order valence-electron chi connectivity index (χ2n) is 4.05. The summed E-state index contributed by atoms with van der Waals surface area (Å²) in [6, 6.07) is 11.2. The van der Waals surface area contributed by atoms with Gasteiger partial charge in [-0.1, -0.05) is 40.9 Å². The van der Waals surface area contributed by atoms with Gasteiger partial charge in [-0.15, -0.1) is 0 Å². The summed E-state index contributed by atoms with van der Waals surface area (Å²) in [6.07, 6.45) is 0. The molecule has 18 heavy (non-hydrogen) atoms. The highest BCUT2D eigenvalue weighted by atomic mass is 35.5. The number of hydrogen-bond donors (Lipinski definition) is 1. The van der Waals surface area contributed by atoms with E-state index in [1.54, 1.807) is 12.1 Å². The maximum Gasteiger partial charge on any atom is 0.0638 e. The van der Waals surface area contributed by atoms with Gasteiger partial charge in [0.05, 0.1) is 10.7 Å². The monoisotopic (exact) mass is 299 g/mol. The number of hydrogen-bond acceptors (Lipinski definition) is 1. The van der Waals surface area contributed by atoms with E-state index in [0.717, 1.165) is 16.3 Å². The molecular weight excluding hydrogens is 289 g/mol. The third kappa shape index (κ3) is 3.32. The lowest BCUT2D eigenvalue weighted by molar-refractivity contribution is 1.12. The molecule has 0 aliphatic heterocycles. The first-order valence-electron chi connectivity index (χ1n) is 5.50. The molecule has 0 saturated carbocycles. The van der Waals surface area contributed by atoms with Crippen LogP contribution in [0, 0.1) is 6.92 Å². The fraction of sp³-hybridized carbons (Fsp3) is 0.143. The third-order valence-corrected chi connectivity index (χ3v) is 3.50. The minimum Gasteiger partial charge on any atom is -0.380 e. The predicted molar refractivity (Wildman–Crippen MR) is 80.0 cm³/mol. The van der Waals surface area contributed by atoms with Gasteiger partial charge in [0.15, 0.2) is 0 Å². The van der Waals surface area contributed by atoms with Gasteiger partial charge in [0.25, 0.3) is 0 Å². The number of anilines is 1. The molecule has 94 valence electrons. The van der Waals surface area contributed by atoms with E-state index in [4.69, 9.17) is 34.8 Å². The Kier molecular flexibility index (Phi) is 4.39. The van der Waals surface area contributed by atoms with Gasteiger partial charge in [-0.25, -0.2) is 0 Å². The molecule has 0 saturated heterocycles. The molecule has 0 aromatic heterocycles. The Morgan fingerprint density at radius 2 is 1.61 bits per heavy atom. The van der Waals surface area contributed by atoms with Gasteiger partial charge >= 0.3 is 0 Å². The van der Waals surface area contributed by atoms with Crippen LogP contribution in [0.1, 0.15) is 11.1 Å². The van der Waals surface area contributed by atoms with E-state index in [9.17, 15) is 0 Å². The maximum absolute atomic E-state index is 6.09. The van der Waals surface area contributed by atoms with Gasteiger partial charge in [-0.3, -0.25) is 0 Å². The smallest absolute Gasteiger partial charge is 0.0638 e. The molecule has 0 aliphatic rings. The summed E-state index contributed by atoms with van der Waals surface area (Å²) in [5, 5.41) is 5.34. The van der Waals surface area contributed by atoms with Crippen LogP contribution in [0.4, 0.5) is 5.69 Å². The highest BCUT2D eigenvalue weighted by Gasteiger charge is 2.03. The lowest BCUT2D eigenvalue weighted by Crippen LogP contribution is -2.01. The zero-order valence-corrected chi connectivity index (χ0v) is 12.1. The van der Waals surface area contributed by atoms with Crippen molar-refractivity contribution in [2.45, 2.75) is 13.5 Å². The fourth-order valence-corrected chi connectivity index (χ4v) is 2.26. The van der Waals surface area contributed by atoms with E-state index in [2.05, 4.69) is 5.32 Å². The standard InChI is InChI=1S/C14H12Cl3N/c1-9-6-11(15)3-2-10(9)8-18-14-7-12(16)4-5-13(14)17/h2-7,18H,8H2,1H3. The molecule has 1 N–H and O–H groups in total. The summed E-state index contributed by atoms with van der Waals surface area (Å²) in [5.41, 5.74) is 3.15. The number of aryl methyl sites for hydroxylation is 1. The summed E-state index contributed by atoms with van der Waals surface area (Å²) in [4.78, 5) is 0. The van der Waals surface area contributed by atoms with Crippen LogP contribution in [0.15, 0.2) is 36.4 Å². The Hall–Kier alpha value is -0.890. The lowest BCUT2D eigenvalue weighted by Gasteiger charge is -2.11. The Bertz CT molecular complexity index is 567. The zero-order valence-electron chi connectivity index (χ0n) is 9.81. The molecule has 0 unspecified atom stereocenters. The minimum absolute atomic E-state index is 0.658. The molecule has 2 rings (SSSR count). The van der Waals surface area contributed by atoms with Crippen LogP contribution in [0.5, 0.6) is 0 Å². The van der Waals surface area contributed by atoms with Crippen LogP contribution < -0.4 is 5.32 Å². The van der Waals surface area contributed by atoms with Crippen molar-refractivity contribution >= 4 is 40.5 Å². The average molecular weight is 301 g/mol. The van der Waals surface area contributed by atoms with Crippen molar-refractivity contribution in [1.29, 1.82) is 0 Å². The van der Waals surface area contributed by atoms with Crippen LogP contribution in [0.3, 0.4) is 0 Å². The Morgan fingerprint density at radius 1 is 0.944 bits per heavy atom. The van der Waals surface area contributed by atoms with Crippen molar-refractivity contribution in [1.82, 2.24) is 0 Å². The zero-order chi connectivity index (χ0) is 13.1. The second kappa shape index (κ2) is 5.83. The molecule has 0 atom stereocenters. The van der Waals surface area contributed by atoms with Crippen molar-refractivity contribution in [3.8, 4) is 0 Å². The summed E-state index contributed by atoms with van der Waals surface area (Å²) in [7, 11) is 0. The van der Waals surface area contributed by atoms with E-state index >= 15 is 0 Å². The molecule has 1 nitrogen and oxygen atoms in total. The van der Waals surface area contributed by atoms with Crippen molar-refractivity contribution in [2.24, 2.45) is 0 Å². The highest BCUT2D eigenvalue weighted by molar-refractivity contribution is 6.35. The first-order valence-corrected chi connectivity index (χ1v) is 6.63. The van der Waals surface area contributed by atoms with Crippen LogP contribution in [0.2, 0.25) is 15.1 Å². The Balaban J connectivity index is 2.13. The predicted octanol–water partition coefficient (Wildman–Crippen LogP) is 5.57.